The lowest BCUT2D eigenvalue weighted by Crippen LogP contribution is -2.19. The number of benzene rings is 3. The molecular formula is C28H21BrFN3O2. The summed E-state index contributed by atoms with van der Waals surface area (Å²) in [6.07, 6.45) is 4.05. The maximum atomic E-state index is 13.6. The van der Waals surface area contributed by atoms with E-state index in [2.05, 4.69) is 20.9 Å². The molecule has 0 aliphatic carbocycles. The maximum absolute atomic E-state index is 13.6. The number of carbonyl (C=O) groups is 1. The van der Waals surface area contributed by atoms with Crippen molar-refractivity contribution >= 4 is 44.7 Å². The van der Waals surface area contributed by atoms with Gasteiger partial charge in [-0.25, -0.2) is 4.39 Å². The number of carbonyl (C=O) groups excluding carboxylic acids is 1. The summed E-state index contributed by atoms with van der Waals surface area (Å²) in [4.78, 5) is 18.2. The molecule has 0 unspecified atom stereocenters. The third kappa shape index (κ3) is 4.81. The van der Waals surface area contributed by atoms with Crippen molar-refractivity contribution in [2.45, 2.75) is 13.2 Å². The molecular weight excluding hydrogens is 509 g/mol. The molecule has 0 saturated heterocycles. The van der Waals surface area contributed by atoms with Crippen LogP contribution in [0.1, 0.15) is 11.1 Å². The molecule has 0 aliphatic rings. The second-order valence-corrected chi connectivity index (χ2v) is 8.90. The average molecular weight is 530 g/mol. The van der Waals surface area contributed by atoms with Crippen LogP contribution in [0, 0.1) is 5.82 Å². The number of ether oxygens (including phenoxy) is 1. The second kappa shape index (κ2) is 10.1. The third-order valence-electron chi connectivity index (χ3n) is 5.69. The van der Waals surface area contributed by atoms with Crippen molar-refractivity contribution in [1.82, 2.24) is 9.55 Å². The summed E-state index contributed by atoms with van der Waals surface area (Å²) < 4.78 is 22.9. The average Bonchev–Trinajstić information content (AvgIpc) is 3.18. The monoisotopic (exact) mass is 529 g/mol. The van der Waals surface area contributed by atoms with Crippen molar-refractivity contribution in [2.24, 2.45) is 0 Å². The lowest BCUT2D eigenvalue weighted by atomic mass is 10.2. The lowest BCUT2D eigenvalue weighted by molar-refractivity contribution is -0.106. The summed E-state index contributed by atoms with van der Waals surface area (Å²) >= 11 is 3.57. The Bertz CT molecular complexity index is 1460. The van der Waals surface area contributed by atoms with Gasteiger partial charge in [-0.3, -0.25) is 14.7 Å². The van der Waals surface area contributed by atoms with Gasteiger partial charge in [-0.2, -0.15) is 0 Å². The Morgan fingerprint density at radius 2 is 1.77 bits per heavy atom. The predicted octanol–water partition coefficient (Wildman–Crippen LogP) is 6.86. The third-order valence-corrected chi connectivity index (χ3v) is 6.18. The number of anilines is 2. The number of halogens is 2. The molecule has 0 atom stereocenters. The number of aromatic nitrogens is 2. The Balaban J connectivity index is 1.71. The van der Waals surface area contributed by atoms with Crippen LogP contribution in [0.15, 0.2) is 102 Å². The number of nitrogens with zero attached hydrogens (tertiary/aromatic N) is 3. The Morgan fingerprint density at radius 1 is 0.971 bits per heavy atom. The summed E-state index contributed by atoms with van der Waals surface area (Å²) in [5.41, 5.74) is 3.38. The van der Waals surface area contributed by atoms with E-state index in [0.717, 1.165) is 32.9 Å². The topological polar surface area (TPSA) is 47.4 Å². The SMILES string of the molecule is O=CN(c1cccnc1)c1c(OCc2ccccc2)c2cc(Br)ccc2n1Cc1ccc(F)cc1. The van der Waals surface area contributed by atoms with Gasteiger partial charge in [0.05, 0.1) is 17.4 Å². The molecule has 1 amide bonds. The fourth-order valence-electron chi connectivity index (χ4n) is 4.06. The molecule has 2 heterocycles. The van der Waals surface area contributed by atoms with Crippen molar-refractivity contribution in [2.75, 3.05) is 4.90 Å². The van der Waals surface area contributed by atoms with Crippen LogP contribution in [0.2, 0.25) is 0 Å². The van der Waals surface area contributed by atoms with E-state index in [9.17, 15) is 9.18 Å². The highest BCUT2D eigenvalue weighted by atomic mass is 79.9. The van der Waals surface area contributed by atoms with Gasteiger partial charge in [-0.1, -0.05) is 58.4 Å². The van der Waals surface area contributed by atoms with Crippen molar-refractivity contribution in [3.63, 3.8) is 0 Å². The van der Waals surface area contributed by atoms with Crippen LogP contribution in [0.4, 0.5) is 15.9 Å². The standard InChI is InChI=1S/C28H21BrFN3O2/c29-22-10-13-26-25(15-22)27(35-18-21-5-2-1-3-6-21)28(33(19-34)24-7-4-14-31-16-24)32(26)17-20-8-11-23(30)12-9-20/h1-16,19H,17-18H2. The molecule has 35 heavy (non-hydrogen) atoms. The molecule has 0 N–H and O–H groups in total. The molecule has 0 spiro atoms. The molecule has 3 aromatic carbocycles. The Morgan fingerprint density at radius 3 is 2.49 bits per heavy atom. The number of fused-ring (bicyclic) bond motifs is 1. The fourth-order valence-corrected chi connectivity index (χ4v) is 4.42. The number of hydrogen-bond acceptors (Lipinski definition) is 3. The molecule has 0 saturated carbocycles. The lowest BCUT2D eigenvalue weighted by Gasteiger charge is -2.22. The first-order valence-electron chi connectivity index (χ1n) is 11.0. The Labute approximate surface area is 210 Å². The van der Waals surface area contributed by atoms with Crippen molar-refractivity contribution in [3.8, 4) is 5.75 Å². The van der Waals surface area contributed by atoms with Crippen molar-refractivity contribution in [1.29, 1.82) is 0 Å². The highest BCUT2D eigenvalue weighted by molar-refractivity contribution is 9.10. The number of pyridine rings is 1. The van der Waals surface area contributed by atoms with Crippen molar-refractivity contribution in [3.05, 3.63) is 119 Å². The minimum atomic E-state index is -0.299. The zero-order chi connectivity index (χ0) is 24.2. The fraction of sp³-hybridized carbons (Fsp3) is 0.0714. The maximum Gasteiger partial charge on any atom is 0.220 e. The number of hydrogen-bond donors (Lipinski definition) is 0. The predicted molar refractivity (Wildman–Crippen MR) is 138 cm³/mol. The van der Waals surface area contributed by atoms with Gasteiger partial charge in [0.1, 0.15) is 12.4 Å². The van der Waals surface area contributed by atoms with E-state index < -0.39 is 0 Å². The van der Waals surface area contributed by atoms with Crippen molar-refractivity contribution < 1.29 is 13.9 Å². The van der Waals surface area contributed by atoms with Crippen LogP contribution in [0.5, 0.6) is 5.75 Å². The highest BCUT2D eigenvalue weighted by Gasteiger charge is 2.25. The Kier molecular flexibility index (Phi) is 6.59. The number of amides is 1. The summed E-state index contributed by atoms with van der Waals surface area (Å²) in [6.45, 7) is 0.739. The van der Waals surface area contributed by atoms with Gasteiger partial charge in [-0.05, 0) is 53.6 Å². The minimum absolute atomic E-state index is 0.299. The van der Waals surface area contributed by atoms with E-state index in [1.807, 2.05) is 59.2 Å². The van der Waals surface area contributed by atoms with E-state index in [1.54, 1.807) is 30.6 Å². The van der Waals surface area contributed by atoms with Gasteiger partial charge in [0.15, 0.2) is 11.6 Å². The molecule has 5 rings (SSSR count). The van der Waals surface area contributed by atoms with Crippen LogP contribution >= 0.6 is 15.9 Å². The normalized spacial score (nSPS) is 10.9. The quantitative estimate of drug-likeness (QED) is 0.206. The van der Waals surface area contributed by atoms with Crippen LogP contribution in [-0.2, 0) is 17.9 Å². The zero-order valence-electron chi connectivity index (χ0n) is 18.6. The first-order valence-corrected chi connectivity index (χ1v) is 11.8. The van der Waals surface area contributed by atoms with Crippen LogP contribution < -0.4 is 9.64 Å². The van der Waals surface area contributed by atoms with Crippen LogP contribution in [0.3, 0.4) is 0 Å². The van der Waals surface area contributed by atoms with E-state index in [0.29, 0.717) is 30.4 Å². The van der Waals surface area contributed by atoms with E-state index >= 15 is 0 Å². The number of rotatable bonds is 8. The molecule has 5 nitrogen and oxygen atoms in total. The summed E-state index contributed by atoms with van der Waals surface area (Å²) in [7, 11) is 0. The van der Waals surface area contributed by atoms with Gasteiger partial charge in [0.2, 0.25) is 6.41 Å². The first kappa shape index (κ1) is 22.8. The van der Waals surface area contributed by atoms with Gasteiger partial charge in [-0.15, -0.1) is 0 Å². The van der Waals surface area contributed by atoms with E-state index in [-0.39, 0.29) is 5.82 Å². The van der Waals surface area contributed by atoms with Crippen LogP contribution in [0.25, 0.3) is 10.9 Å². The van der Waals surface area contributed by atoms with E-state index in [4.69, 9.17) is 4.74 Å². The molecule has 2 aromatic heterocycles. The van der Waals surface area contributed by atoms with Gasteiger partial charge in [0.25, 0.3) is 0 Å². The molecule has 7 heteroatoms. The molecule has 0 bridgehead atoms. The van der Waals surface area contributed by atoms with Crippen LogP contribution in [-0.4, -0.2) is 16.0 Å². The smallest absolute Gasteiger partial charge is 0.220 e. The highest BCUT2D eigenvalue weighted by Crippen LogP contribution is 2.43. The summed E-state index contributed by atoms with van der Waals surface area (Å²) in [5.74, 6) is 0.844. The molecule has 5 aromatic rings. The summed E-state index contributed by atoms with van der Waals surface area (Å²) in [6, 6.07) is 25.7. The molecule has 174 valence electrons. The summed E-state index contributed by atoms with van der Waals surface area (Å²) in [5, 5.41) is 0.850. The molecule has 0 radical (unpaired) electrons. The van der Waals surface area contributed by atoms with Gasteiger partial charge < -0.3 is 9.30 Å². The van der Waals surface area contributed by atoms with E-state index in [1.165, 1.54) is 17.0 Å². The zero-order valence-corrected chi connectivity index (χ0v) is 20.2. The van der Waals surface area contributed by atoms with Gasteiger partial charge in [0, 0.05) is 22.6 Å². The largest absolute Gasteiger partial charge is 0.484 e. The minimum Gasteiger partial charge on any atom is -0.484 e. The molecule has 0 aliphatic heterocycles. The second-order valence-electron chi connectivity index (χ2n) is 7.99. The Hall–Kier alpha value is -3.97. The molecule has 0 fully saturated rings. The van der Waals surface area contributed by atoms with Gasteiger partial charge >= 0.3 is 0 Å². The first-order chi connectivity index (χ1) is 17.1.